The summed E-state index contributed by atoms with van der Waals surface area (Å²) in [6.07, 6.45) is 2.06. The molecule has 3 aromatic carbocycles. The van der Waals surface area contributed by atoms with Crippen LogP contribution in [-0.4, -0.2) is 78.2 Å². The Morgan fingerprint density at radius 1 is 1.08 bits per heavy atom. The number of likely N-dealkylation sites (tertiary alicyclic amines) is 1. The van der Waals surface area contributed by atoms with Gasteiger partial charge >= 0.3 is 6.18 Å². The number of carbonyl (C=O) groups is 1. The number of amides is 1. The van der Waals surface area contributed by atoms with Crippen molar-refractivity contribution in [2.75, 3.05) is 58.0 Å². The number of nitrogens with one attached hydrogen (secondary N) is 2. The van der Waals surface area contributed by atoms with Gasteiger partial charge in [-0.3, -0.25) is 4.79 Å². The number of halogens is 4. The first kappa shape index (κ1) is 37.8. The summed E-state index contributed by atoms with van der Waals surface area (Å²) in [5, 5.41) is 18.0. The highest BCUT2D eigenvalue weighted by Crippen LogP contribution is 2.42. The lowest BCUT2D eigenvalue weighted by molar-refractivity contribution is -0.137. The monoisotopic (exact) mass is 726 g/mol. The molecular formula is C37H42ClF3N6O4. The molecule has 0 saturated carbocycles. The molecule has 4 aromatic rings. The van der Waals surface area contributed by atoms with E-state index >= 15 is 0 Å². The van der Waals surface area contributed by atoms with Crippen LogP contribution < -0.4 is 20.1 Å². The Morgan fingerprint density at radius 3 is 2.51 bits per heavy atom. The third-order valence-electron chi connectivity index (χ3n) is 8.42. The second-order valence-corrected chi connectivity index (χ2v) is 13.8. The molecule has 0 spiro atoms. The predicted octanol–water partition coefficient (Wildman–Crippen LogP) is 7.84. The molecule has 1 aliphatic heterocycles. The molecule has 1 aliphatic rings. The van der Waals surface area contributed by atoms with Gasteiger partial charge in [0.2, 0.25) is 5.91 Å². The molecule has 0 bridgehead atoms. The lowest BCUT2D eigenvalue weighted by Crippen LogP contribution is -2.32. The van der Waals surface area contributed by atoms with Crippen molar-refractivity contribution in [2.24, 2.45) is 5.92 Å². The average molecular weight is 727 g/mol. The van der Waals surface area contributed by atoms with Gasteiger partial charge in [0.1, 0.15) is 29.4 Å². The summed E-state index contributed by atoms with van der Waals surface area (Å²) >= 11 is 6.61. The van der Waals surface area contributed by atoms with Gasteiger partial charge in [-0.1, -0.05) is 23.7 Å². The first-order chi connectivity index (χ1) is 24.1. The number of alkyl halides is 3. The highest BCUT2D eigenvalue weighted by atomic mass is 35.5. The van der Waals surface area contributed by atoms with E-state index < -0.39 is 17.3 Å². The molecule has 1 aromatic heterocycles. The van der Waals surface area contributed by atoms with Gasteiger partial charge in [0.05, 0.1) is 34.0 Å². The quantitative estimate of drug-likeness (QED) is 0.126. The van der Waals surface area contributed by atoms with Gasteiger partial charge in [-0.05, 0) is 103 Å². The van der Waals surface area contributed by atoms with Crippen molar-refractivity contribution in [1.29, 1.82) is 0 Å². The summed E-state index contributed by atoms with van der Waals surface area (Å²) in [6.45, 7) is 6.16. The maximum atomic E-state index is 13.3. The van der Waals surface area contributed by atoms with E-state index in [-0.39, 0.29) is 22.4 Å². The van der Waals surface area contributed by atoms with Crippen LogP contribution in [0.5, 0.6) is 17.2 Å². The summed E-state index contributed by atoms with van der Waals surface area (Å²) < 4.78 is 52.1. The van der Waals surface area contributed by atoms with Crippen LogP contribution in [0.25, 0.3) is 10.9 Å². The largest absolute Gasteiger partial charge is 0.491 e. The lowest BCUT2D eigenvalue weighted by atomic mass is 9.96. The number of carbonyl (C=O) groups excluding carboxylic acids is 1. The molecule has 3 N–H and O–H groups in total. The molecule has 10 nitrogen and oxygen atoms in total. The predicted molar refractivity (Wildman–Crippen MR) is 193 cm³/mol. The van der Waals surface area contributed by atoms with Crippen LogP contribution in [-0.2, 0) is 16.6 Å². The van der Waals surface area contributed by atoms with Crippen LogP contribution in [0.1, 0.15) is 37.8 Å². The normalized spacial score (nSPS) is 14.7. The molecule has 272 valence electrons. The standard InChI is InChI=1S/C37H42ClF3N6O4/c1-36(2,49)27-18-32(51-25-9-6-8-24(16-25)37(39,40)41)28(38)19-30(27)45-35-26-17-31(44-34(48)10-7-13-46(3)4)33(20-29(26)42-22-43-35)50-21-23-11-14-47(5)15-12-23/h6-10,16-20,22-23,49H,11-15,21H2,1-5H3,(H,44,48)(H,42,43,45). The number of aromatic nitrogens is 2. The number of ether oxygens (including phenoxy) is 2. The molecule has 0 aliphatic carbocycles. The fraction of sp³-hybridized carbons (Fsp3) is 0.378. The maximum absolute atomic E-state index is 13.3. The zero-order valence-electron chi connectivity index (χ0n) is 29.1. The van der Waals surface area contributed by atoms with Gasteiger partial charge in [-0.2, -0.15) is 13.2 Å². The van der Waals surface area contributed by atoms with E-state index in [1.165, 1.54) is 36.7 Å². The Hall–Kier alpha value is -4.43. The van der Waals surface area contributed by atoms with E-state index in [9.17, 15) is 23.1 Å². The number of nitrogens with zero attached hydrogens (tertiary/aromatic N) is 4. The van der Waals surface area contributed by atoms with Crippen LogP contribution >= 0.6 is 11.6 Å². The van der Waals surface area contributed by atoms with Crippen LogP contribution in [0.15, 0.2) is 67.0 Å². The number of rotatable bonds is 12. The SMILES string of the molecule is CN(C)CC=CC(=O)Nc1cc2c(Nc3cc(Cl)c(Oc4cccc(C(F)(F)F)c4)cc3C(C)(C)O)ncnc2cc1OCC1CCN(C)CC1. The van der Waals surface area contributed by atoms with Crippen molar-refractivity contribution < 1.29 is 32.5 Å². The van der Waals surface area contributed by atoms with Gasteiger partial charge in [0.25, 0.3) is 0 Å². The Labute approximate surface area is 300 Å². The van der Waals surface area contributed by atoms with E-state index in [1.807, 2.05) is 19.0 Å². The fourth-order valence-electron chi connectivity index (χ4n) is 5.61. The van der Waals surface area contributed by atoms with E-state index in [4.69, 9.17) is 21.1 Å². The lowest BCUT2D eigenvalue weighted by Gasteiger charge is -2.29. The third-order valence-corrected chi connectivity index (χ3v) is 8.72. The summed E-state index contributed by atoms with van der Waals surface area (Å²) in [4.78, 5) is 26.1. The molecule has 2 heterocycles. The van der Waals surface area contributed by atoms with Gasteiger partial charge in [0.15, 0.2) is 0 Å². The van der Waals surface area contributed by atoms with Crippen LogP contribution in [0, 0.1) is 5.92 Å². The number of hydrogen-bond acceptors (Lipinski definition) is 9. The Balaban J connectivity index is 1.49. The second-order valence-electron chi connectivity index (χ2n) is 13.4. The molecule has 5 rings (SSSR count). The van der Waals surface area contributed by atoms with Gasteiger partial charge in [-0.25, -0.2) is 9.97 Å². The van der Waals surface area contributed by atoms with Gasteiger partial charge < -0.3 is 35.0 Å². The first-order valence-corrected chi connectivity index (χ1v) is 16.9. The Bertz CT molecular complexity index is 1890. The highest BCUT2D eigenvalue weighted by molar-refractivity contribution is 6.32. The Morgan fingerprint density at radius 2 is 1.82 bits per heavy atom. The van der Waals surface area contributed by atoms with Crippen molar-refractivity contribution in [3.8, 4) is 17.2 Å². The maximum Gasteiger partial charge on any atom is 0.416 e. The van der Waals surface area contributed by atoms with E-state index in [1.54, 1.807) is 32.1 Å². The van der Waals surface area contributed by atoms with Crippen LogP contribution in [0.2, 0.25) is 5.02 Å². The van der Waals surface area contributed by atoms with Crippen molar-refractivity contribution in [3.05, 3.63) is 83.2 Å². The van der Waals surface area contributed by atoms with Crippen LogP contribution in [0.4, 0.5) is 30.4 Å². The highest BCUT2D eigenvalue weighted by Gasteiger charge is 2.31. The fourth-order valence-corrected chi connectivity index (χ4v) is 5.82. The number of hydrogen-bond donors (Lipinski definition) is 3. The number of anilines is 3. The summed E-state index contributed by atoms with van der Waals surface area (Å²) in [5.41, 5.74) is -0.662. The van der Waals surface area contributed by atoms with E-state index in [0.29, 0.717) is 58.5 Å². The second kappa shape index (κ2) is 15.9. The molecule has 51 heavy (non-hydrogen) atoms. The molecule has 0 radical (unpaired) electrons. The molecule has 1 saturated heterocycles. The molecule has 14 heteroatoms. The summed E-state index contributed by atoms with van der Waals surface area (Å²) in [5.74, 6) is 0.819. The van der Waals surface area contributed by atoms with Crippen molar-refractivity contribution >= 4 is 45.6 Å². The van der Waals surface area contributed by atoms with Crippen molar-refractivity contribution in [1.82, 2.24) is 19.8 Å². The number of benzene rings is 3. The first-order valence-electron chi connectivity index (χ1n) is 16.5. The zero-order valence-corrected chi connectivity index (χ0v) is 29.9. The Kier molecular flexibility index (Phi) is 11.8. The summed E-state index contributed by atoms with van der Waals surface area (Å²) in [6, 6.07) is 10.9. The smallest absolute Gasteiger partial charge is 0.416 e. The number of likely N-dealkylation sites (N-methyl/N-ethyl adjacent to an activating group) is 1. The number of piperidine rings is 1. The molecule has 0 atom stereocenters. The number of aliphatic hydroxyl groups is 1. The molecule has 0 unspecified atom stereocenters. The van der Waals surface area contributed by atoms with Crippen molar-refractivity contribution in [3.63, 3.8) is 0 Å². The molecule has 1 fully saturated rings. The zero-order chi connectivity index (χ0) is 36.9. The summed E-state index contributed by atoms with van der Waals surface area (Å²) in [7, 11) is 5.91. The minimum atomic E-state index is -4.56. The van der Waals surface area contributed by atoms with Gasteiger partial charge in [-0.15, -0.1) is 0 Å². The number of fused-ring (bicyclic) bond motifs is 1. The topological polar surface area (TPSA) is 112 Å². The van der Waals surface area contributed by atoms with Crippen molar-refractivity contribution in [2.45, 2.75) is 38.5 Å². The third kappa shape index (κ3) is 10.1. The van der Waals surface area contributed by atoms with Gasteiger partial charge in [0, 0.05) is 35.3 Å². The minimum Gasteiger partial charge on any atom is -0.491 e. The molecular weight excluding hydrogens is 685 g/mol. The van der Waals surface area contributed by atoms with Crippen LogP contribution in [0.3, 0.4) is 0 Å². The van der Waals surface area contributed by atoms with E-state index in [0.717, 1.165) is 38.1 Å². The average Bonchev–Trinajstić information content (AvgIpc) is 3.05. The van der Waals surface area contributed by atoms with E-state index in [2.05, 4.69) is 32.5 Å². The molecule has 1 amide bonds. The minimum absolute atomic E-state index is 0.0462.